The zero-order chi connectivity index (χ0) is 15.7. The predicted octanol–water partition coefficient (Wildman–Crippen LogP) is 4.71. The lowest BCUT2D eigenvalue weighted by molar-refractivity contribution is 0.129. The van der Waals surface area contributed by atoms with Crippen LogP contribution in [0.25, 0.3) is 0 Å². The van der Waals surface area contributed by atoms with E-state index in [1.165, 1.54) is 18.5 Å². The molecule has 1 aromatic heterocycles. The van der Waals surface area contributed by atoms with E-state index >= 15 is 0 Å². The van der Waals surface area contributed by atoms with Gasteiger partial charge < -0.3 is 10.2 Å². The largest absolute Gasteiger partial charge is 0.414 e. The second-order valence-electron chi connectivity index (χ2n) is 7.87. The topological polar surface area (TPSA) is 48.1 Å². The summed E-state index contributed by atoms with van der Waals surface area (Å²) in [5.74, 6) is 0.574. The molecule has 2 N–H and O–H groups in total. The summed E-state index contributed by atoms with van der Waals surface area (Å²) in [5, 5.41) is 0.294. The Morgan fingerprint density at radius 3 is 2.24 bits per heavy atom. The maximum Gasteiger partial charge on any atom is 0.192 e. The van der Waals surface area contributed by atoms with Crippen molar-refractivity contribution in [3.05, 3.63) is 24.0 Å². The highest BCUT2D eigenvalue weighted by atomic mass is 28.4. The first-order chi connectivity index (χ1) is 9.69. The van der Waals surface area contributed by atoms with E-state index < -0.39 is 8.32 Å². The van der Waals surface area contributed by atoms with Crippen LogP contribution in [0, 0.1) is 0 Å². The molecule has 2 rings (SSSR count). The predicted molar refractivity (Wildman–Crippen MR) is 91.9 cm³/mol. The summed E-state index contributed by atoms with van der Waals surface area (Å²) < 4.78 is 6.55. The van der Waals surface area contributed by atoms with Gasteiger partial charge in [0.2, 0.25) is 0 Å². The van der Waals surface area contributed by atoms with Crippen LogP contribution in [0.4, 0.5) is 5.69 Å². The Morgan fingerprint density at radius 1 is 1.14 bits per heavy atom. The second-order valence-corrected chi connectivity index (χ2v) is 12.6. The number of hydrogen-bond acceptors (Lipinski definition) is 3. The number of anilines is 1. The average molecular weight is 307 g/mol. The summed E-state index contributed by atoms with van der Waals surface area (Å²) >= 11 is 0. The molecule has 0 bridgehead atoms. The van der Waals surface area contributed by atoms with Crippen LogP contribution < -0.4 is 5.73 Å². The van der Waals surface area contributed by atoms with E-state index in [1.54, 1.807) is 6.20 Å². The van der Waals surface area contributed by atoms with Crippen LogP contribution in [0.2, 0.25) is 18.1 Å². The summed E-state index contributed by atoms with van der Waals surface area (Å²) in [6, 6.07) is 4.04. The molecule has 1 fully saturated rings. The zero-order valence-electron chi connectivity index (χ0n) is 14.1. The Morgan fingerprint density at radius 2 is 1.76 bits per heavy atom. The number of rotatable bonds is 3. The van der Waals surface area contributed by atoms with E-state index in [9.17, 15) is 0 Å². The fourth-order valence-electron chi connectivity index (χ4n) is 2.73. The molecule has 0 saturated heterocycles. The molecule has 1 heterocycles. The molecular formula is C17H30N2OSi. The van der Waals surface area contributed by atoms with Crippen molar-refractivity contribution >= 4 is 14.0 Å². The maximum atomic E-state index is 6.55. The first-order valence-corrected chi connectivity index (χ1v) is 11.0. The summed E-state index contributed by atoms with van der Waals surface area (Å²) in [6.45, 7) is 11.6. The van der Waals surface area contributed by atoms with E-state index in [4.69, 9.17) is 10.2 Å². The number of nitrogens with two attached hydrogens (primary N) is 1. The third kappa shape index (κ3) is 4.07. The SMILES string of the molecule is CC(C)(C)[Si](C)(C)O[C@H]1CC[C@H](c2ccc(N)cn2)CC1. The minimum atomic E-state index is -1.63. The van der Waals surface area contributed by atoms with Crippen LogP contribution in [0.15, 0.2) is 18.3 Å². The van der Waals surface area contributed by atoms with Crippen molar-refractivity contribution in [1.29, 1.82) is 0 Å². The Balaban J connectivity index is 1.90. The Hall–Kier alpha value is -0.873. The molecule has 3 nitrogen and oxygen atoms in total. The van der Waals surface area contributed by atoms with Gasteiger partial charge in [-0.25, -0.2) is 0 Å². The number of pyridine rings is 1. The van der Waals surface area contributed by atoms with Gasteiger partial charge in [0, 0.05) is 17.7 Å². The van der Waals surface area contributed by atoms with Crippen LogP contribution in [0.1, 0.15) is 58.1 Å². The summed E-state index contributed by atoms with van der Waals surface area (Å²) in [4.78, 5) is 4.48. The molecule has 21 heavy (non-hydrogen) atoms. The lowest BCUT2D eigenvalue weighted by Gasteiger charge is -2.41. The molecule has 0 aromatic carbocycles. The van der Waals surface area contributed by atoms with Crippen molar-refractivity contribution in [3.63, 3.8) is 0 Å². The van der Waals surface area contributed by atoms with Crippen molar-refractivity contribution in [2.75, 3.05) is 5.73 Å². The van der Waals surface area contributed by atoms with E-state index in [1.807, 2.05) is 6.07 Å². The zero-order valence-corrected chi connectivity index (χ0v) is 15.1. The van der Waals surface area contributed by atoms with Crippen LogP contribution in [0.5, 0.6) is 0 Å². The molecule has 0 unspecified atom stereocenters. The fourth-order valence-corrected chi connectivity index (χ4v) is 4.15. The molecule has 4 heteroatoms. The van der Waals surface area contributed by atoms with Crippen LogP contribution >= 0.6 is 0 Å². The smallest absolute Gasteiger partial charge is 0.192 e. The van der Waals surface area contributed by atoms with Crippen molar-refractivity contribution < 1.29 is 4.43 Å². The van der Waals surface area contributed by atoms with Crippen LogP contribution in [-0.4, -0.2) is 19.4 Å². The molecule has 1 aromatic rings. The molecule has 1 saturated carbocycles. The highest BCUT2D eigenvalue weighted by Crippen LogP contribution is 2.40. The van der Waals surface area contributed by atoms with Gasteiger partial charge in [-0.15, -0.1) is 0 Å². The maximum absolute atomic E-state index is 6.55. The van der Waals surface area contributed by atoms with Crippen molar-refractivity contribution in [1.82, 2.24) is 4.98 Å². The molecule has 118 valence electrons. The summed E-state index contributed by atoms with van der Waals surface area (Å²) in [7, 11) is -1.63. The fraction of sp³-hybridized carbons (Fsp3) is 0.706. The molecule has 0 amide bonds. The highest BCUT2D eigenvalue weighted by Gasteiger charge is 2.39. The van der Waals surface area contributed by atoms with E-state index in [0.29, 0.717) is 17.1 Å². The third-order valence-electron chi connectivity index (χ3n) is 5.17. The minimum Gasteiger partial charge on any atom is -0.414 e. The molecule has 0 aliphatic heterocycles. The van der Waals surface area contributed by atoms with Gasteiger partial charge in [0.05, 0.1) is 11.9 Å². The lowest BCUT2D eigenvalue weighted by atomic mass is 9.85. The molecule has 1 aliphatic carbocycles. The van der Waals surface area contributed by atoms with Gasteiger partial charge in [0.1, 0.15) is 0 Å². The van der Waals surface area contributed by atoms with Crippen molar-refractivity contribution in [2.45, 2.75) is 76.6 Å². The van der Waals surface area contributed by atoms with E-state index in [0.717, 1.165) is 18.5 Å². The number of nitrogens with zero attached hydrogens (tertiary/aromatic N) is 1. The standard InChI is InChI=1S/C17H30N2OSi/c1-17(2,3)21(4,5)20-15-9-6-13(7-10-15)16-11-8-14(18)12-19-16/h8,11-13,15H,6-7,9-10,18H2,1-5H3/t13-,15-. The lowest BCUT2D eigenvalue weighted by Crippen LogP contribution is -2.44. The normalized spacial score (nSPS) is 24.0. The minimum absolute atomic E-state index is 0.294. The average Bonchev–Trinajstić information content (AvgIpc) is 2.39. The van der Waals surface area contributed by atoms with Crippen molar-refractivity contribution in [2.24, 2.45) is 0 Å². The molecule has 0 atom stereocenters. The quantitative estimate of drug-likeness (QED) is 0.823. The number of nitrogen functional groups attached to an aromatic ring is 1. The van der Waals surface area contributed by atoms with Gasteiger partial charge in [-0.3, -0.25) is 4.98 Å². The van der Waals surface area contributed by atoms with Gasteiger partial charge in [0.15, 0.2) is 8.32 Å². The van der Waals surface area contributed by atoms with E-state index in [-0.39, 0.29) is 0 Å². The Kier molecular flexibility index (Phi) is 4.78. The number of hydrogen-bond donors (Lipinski definition) is 1. The van der Waals surface area contributed by atoms with Gasteiger partial charge in [0.25, 0.3) is 0 Å². The number of aromatic nitrogens is 1. The first kappa shape index (κ1) is 16.5. The Bertz CT molecular complexity index is 457. The van der Waals surface area contributed by atoms with Crippen LogP contribution in [-0.2, 0) is 4.43 Å². The van der Waals surface area contributed by atoms with E-state index in [2.05, 4.69) is 44.9 Å². The Labute approximate surface area is 130 Å². The van der Waals surface area contributed by atoms with Crippen molar-refractivity contribution in [3.8, 4) is 0 Å². The monoisotopic (exact) mass is 306 g/mol. The van der Waals surface area contributed by atoms with Gasteiger partial charge in [-0.05, 0) is 55.9 Å². The molecular weight excluding hydrogens is 276 g/mol. The van der Waals surface area contributed by atoms with Gasteiger partial charge in [-0.2, -0.15) is 0 Å². The molecule has 0 spiro atoms. The molecule has 1 aliphatic rings. The summed E-state index contributed by atoms with van der Waals surface area (Å²) in [6.07, 6.45) is 6.88. The molecule has 0 radical (unpaired) electrons. The second kappa shape index (κ2) is 6.09. The third-order valence-corrected chi connectivity index (χ3v) is 9.70. The van der Waals surface area contributed by atoms with Gasteiger partial charge in [-0.1, -0.05) is 20.8 Å². The van der Waals surface area contributed by atoms with Crippen LogP contribution in [0.3, 0.4) is 0 Å². The summed E-state index contributed by atoms with van der Waals surface area (Å²) in [5.41, 5.74) is 7.64. The highest BCUT2D eigenvalue weighted by molar-refractivity contribution is 6.74. The van der Waals surface area contributed by atoms with Gasteiger partial charge >= 0.3 is 0 Å². The first-order valence-electron chi connectivity index (χ1n) is 8.08.